The Bertz CT molecular complexity index is 862. The summed E-state index contributed by atoms with van der Waals surface area (Å²) < 4.78 is 10.9. The summed E-state index contributed by atoms with van der Waals surface area (Å²) in [5.41, 5.74) is 2.64. The van der Waals surface area contributed by atoms with Crippen LogP contribution in [0.2, 0.25) is 0 Å². The van der Waals surface area contributed by atoms with Gasteiger partial charge in [-0.15, -0.1) is 0 Å². The van der Waals surface area contributed by atoms with Crippen LogP contribution in [0.25, 0.3) is 0 Å². The van der Waals surface area contributed by atoms with E-state index in [2.05, 4.69) is 23.5 Å². The minimum Gasteiger partial charge on any atom is -0.454 e. The van der Waals surface area contributed by atoms with E-state index in [9.17, 15) is 4.79 Å². The summed E-state index contributed by atoms with van der Waals surface area (Å²) in [6.07, 6.45) is 4.84. The lowest BCUT2D eigenvalue weighted by Crippen LogP contribution is -2.20. The molecule has 2 aromatic carbocycles. The molecule has 1 fully saturated rings. The molecule has 0 aromatic heterocycles. The predicted octanol–water partition coefficient (Wildman–Crippen LogP) is 4.59. The summed E-state index contributed by atoms with van der Waals surface area (Å²) in [6.45, 7) is 0.305. The zero-order chi connectivity index (χ0) is 18.6. The molecule has 1 aliphatic carbocycles. The van der Waals surface area contributed by atoms with E-state index in [1.807, 2.05) is 6.07 Å². The molecular formula is C22H22N2O3. The molecule has 4 rings (SSSR count). The van der Waals surface area contributed by atoms with Crippen molar-refractivity contribution < 1.29 is 14.3 Å². The van der Waals surface area contributed by atoms with Gasteiger partial charge < -0.3 is 14.8 Å². The number of ether oxygens (including phenoxy) is 2. The van der Waals surface area contributed by atoms with Gasteiger partial charge in [-0.05, 0) is 79.5 Å². The van der Waals surface area contributed by atoms with Gasteiger partial charge in [0.15, 0.2) is 11.5 Å². The number of nitrogens with zero attached hydrogens (tertiary/aromatic N) is 1. The molecule has 0 saturated heterocycles. The first-order valence-corrected chi connectivity index (χ1v) is 9.41. The maximum atomic E-state index is 12.3. The van der Waals surface area contributed by atoms with E-state index in [0.29, 0.717) is 30.6 Å². The van der Waals surface area contributed by atoms with Crippen LogP contribution in [0.1, 0.15) is 49.1 Å². The highest BCUT2D eigenvalue weighted by Gasteiger charge is 2.25. The van der Waals surface area contributed by atoms with Gasteiger partial charge in [0.05, 0.1) is 11.6 Å². The summed E-state index contributed by atoms with van der Waals surface area (Å²) >= 11 is 0. The molecule has 0 bridgehead atoms. The number of benzene rings is 2. The second-order valence-corrected chi connectivity index (χ2v) is 7.27. The van der Waals surface area contributed by atoms with E-state index in [-0.39, 0.29) is 5.91 Å². The van der Waals surface area contributed by atoms with Gasteiger partial charge in [-0.1, -0.05) is 6.07 Å². The Morgan fingerprint density at radius 3 is 2.52 bits per heavy atom. The van der Waals surface area contributed by atoms with Crippen LogP contribution < -0.4 is 14.8 Å². The largest absolute Gasteiger partial charge is 0.454 e. The molecule has 1 amide bonds. The third-order valence-electron chi connectivity index (χ3n) is 5.49. The standard InChI is InChI=1S/C22H22N2O3/c23-13-16-3-8-19(9-4-16)24-22(25)11-15-1-5-17(6-2-15)18-7-10-20-21(12-18)27-14-26-20/h3-4,7-10,12,15,17H,1-2,5-6,11,14H2,(H,24,25)/t15-,17+. The van der Waals surface area contributed by atoms with Gasteiger partial charge in [0.1, 0.15) is 0 Å². The molecule has 0 radical (unpaired) electrons. The van der Waals surface area contributed by atoms with Crippen molar-refractivity contribution in [3.63, 3.8) is 0 Å². The fourth-order valence-electron chi connectivity index (χ4n) is 3.97. The number of hydrogen-bond acceptors (Lipinski definition) is 4. The number of amides is 1. The first kappa shape index (κ1) is 17.4. The number of rotatable bonds is 4. The molecule has 5 heteroatoms. The number of carbonyl (C=O) groups is 1. The van der Waals surface area contributed by atoms with Gasteiger partial charge in [0, 0.05) is 12.1 Å². The Morgan fingerprint density at radius 2 is 1.78 bits per heavy atom. The highest BCUT2D eigenvalue weighted by Crippen LogP contribution is 2.41. The number of carbonyl (C=O) groups excluding carboxylic acids is 1. The predicted molar refractivity (Wildman–Crippen MR) is 102 cm³/mol. The number of nitrogens with one attached hydrogen (secondary N) is 1. The molecule has 0 spiro atoms. The molecule has 1 saturated carbocycles. The maximum Gasteiger partial charge on any atom is 0.231 e. The molecule has 2 aromatic rings. The zero-order valence-corrected chi connectivity index (χ0v) is 15.1. The van der Waals surface area contributed by atoms with Crippen molar-refractivity contribution in [2.75, 3.05) is 12.1 Å². The van der Waals surface area contributed by atoms with Gasteiger partial charge in [-0.2, -0.15) is 5.26 Å². The average Bonchev–Trinajstić information content (AvgIpc) is 3.17. The molecule has 0 atom stereocenters. The van der Waals surface area contributed by atoms with E-state index in [4.69, 9.17) is 14.7 Å². The van der Waals surface area contributed by atoms with E-state index in [0.717, 1.165) is 42.9 Å². The van der Waals surface area contributed by atoms with Crippen molar-refractivity contribution in [2.24, 2.45) is 5.92 Å². The van der Waals surface area contributed by atoms with Crippen molar-refractivity contribution in [1.82, 2.24) is 0 Å². The topological polar surface area (TPSA) is 71.4 Å². The van der Waals surface area contributed by atoms with E-state index in [1.54, 1.807) is 24.3 Å². The summed E-state index contributed by atoms with van der Waals surface area (Å²) in [7, 11) is 0. The molecule has 1 aliphatic heterocycles. The molecule has 138 valence electrons. The van der Waals surface area contributed by atoms with Crippen molar-refractivity contribution in [2.45, 2.75) is 38.0 Å². The lowest BCUT2D eigenvalue weighted by Gasteiger charge is -2.28. The first-order valence-electron chi connectivity index (χ1n) is 9.41. The van der Waals surface area contributed by atoms with Crippen LogP contribution >= 0.6 is 0 Å². The number of hydrogen-bond donors (Lipinski definition) is 1. The van der Waals surface area contributed by atoms with Crippen LogP contribution in [-0.4, -0.2) is 12.7 Å². The van der Waals surface area contributed by atoms with Gasteiger partial charge in [0.2, 0.25) is 12.7 Å². The van der Waals surface area contributed by atoms with Gasteiger partial charge in [-0.3, -0.25) is 4.79 Å². The molecule has 1 N–H and O–H groups in total. The Balaban J connectivity index is 1.27. The fraction of sp³-hybridized carbons (Fsp3) is 0.364. The molecular weight excluding hydrogens is 340 g/mol. The molecule has 0 unspecified atom stereocenters. The van der Waals surface area contributed by atoms with Crippen molar-refractivity contribution in [3.05, 3.63) is 53.6 Å². The quantitative estimate of drug-likeness (QED) is 0.863. The summed E-state index contributed by atoms with van der Waals surface area (Å²) in [5, 5.41) is 11.8. The summed E-state index contributed by atoms with van der Waals surface area (Å²) in [4.78, 5) is 12.3. The Kier molecular flexibility index (Phi) is 4.97. The van der Waals surface area contributed by atoms with Crippen molar-refractivity contribution in [1.29, 1.82) is 5.26 Å². The Labute approximate surface area is 158 Å². The van der Waals surface area contributed by atoms with Gasteiger partial charge in [0.25, 0.3) is 0 Å². The average molecular weight is 362 g/mol. The maximum absolute atomic E-state index is 12.3. The Morgan fingerprint density at radius 1 is 1.04 bits per heavy atom. The molecule has 2 aliphatic rings. The SMILES string of the molecule is N#Cc1ccc(NC(=O)C[C@H]2CC[C@@H](c3ccc4c(c3)OCO4)CC2)cc1. The van der Waals surface area contributed by atoms with Crippen molar-refractivity contribution in [3.8, 4) is 17.6 Å². The van der Waals surface area contributed by atoms with Crippen LogP contribution in [0.5, 0.6) is 11.5 Å². The number of nitriles is 1. The van der Waals surface area contributed by atoms with Crippen LogP contribution in [-0.2, 0) is 4.79 Å². The Hall–Kier alpha value is -3.00. The minimum absolute atomic E-state index is 0.0474. The normalized spacial score (nSPS) is 20.7. The van der Waals surface area contributed by atoms with Gasteiger partial charge >= 0.3 is 0 Å². The third kappa shape index (κ3) is 4.06. The van der Waals surface area contributed by atoms with Crippen molar-refractivity contribution >= 4 is 11.6 Å². The van der Waals surface area contributed by atoms with E-state index < -0.39 is 0 Å². The second-order valence-electron chi connectivity index (χ2n) is 7.27. The minimum atomic E-state index is 0.0474. The van der Waals surface area contributed by atoms with Gasteiger partial charge in [-0.25, -0.2) is 0 Å². The molecule has 1 heterocycles. The number of fused-ring (bicyclic) bond motifs is 1. The summed E-state index contributed by atoms with van der Waals surface area (Å²) in [6, 6.07) is 15.3. The highest BCUT2D eigenvalue weighted by molar-refractivity contribution is 5.90. The third-order valence-corrected chi connectivity index (χ3v) is 5.49. The molecule has 5 nitrogen and oxygen atoms in total. The lowest BCUT2D eigenvalue weighted by molar-refractivity contribution is -0.117. The van der Waals surface area contributed by atoms with Crippen LogP contribution in [0, 0.1) is 17.2 Å². The van der Waals surface area contributed by atoms with E-state index in [1.165, 1.54) is 5.56 Å². The smallest absolute Gasteiger partial charge is 0.231 e. The number of anilines is 1. The fourth-order valence-corrected chi connectivity index (χ4v) is 3.97. The monoisotopic (exact) mass is 362 g/mol. The zero-order valence-electron chi connectivity index (χ0n) is 15.1. The molecule has 27 heavy (non-hydrogen) atoms. The van der Waals surface area contributed by atoms with Crippen LogP contribution in [0.3, 0.4) is 0 Å². The van der Waals surface area contributed by atoms with E-state index >= 15 is 0 Å². The summed E-state index contributed by atoms with van der Waals surface area (Å²) in [5.74, 6) is 2.67. The lowest BCUT2D eigenvalue weighted by atomic mass is 9.77. The highest BCUT2D eigenvalue weighted by atomic mass is 16.7. The van der Waals surface area contributed by atoms with Crippen LogP contribution in [0.15, 0.2) is 42.5 Å². The first-order chi connectivity index (χ1) is 13.2. The van der Waals surface area contributed by atoms with Crippen LogP contribution in [0.4, 0.5) is 5.69 Å². The second kappa shape index (κ2) is 7.71.